The Hall–Kier alpha value is -2.25. The van der Waals surface area contributed by atoms with Gasteiger partial charge in [-0.25, -0.2) is 4.79 Å². The van der Waals surface area contributed by atoms with Crippen molar-refractivity contribution in [3.63, 3.8) is 0 Å². The van der Waals surface area contributed by atoms with Crippen molar-refractivity contribution < 1.29 is 38.0 Å². The van der Waals surface area contributed by atoms with Crippen molar-refractivity contribution in [2.24, 2.45) is 11.8 Å². The average Bonchev–Trinajstić information content (AvgIpc) is 2.82. The van der Waals surface area contributed by atoms with Gasteiger partial charge < -0.3 is 25.2 Å². The first-order chi connectivity index (χ1) is 17.5. The number of ether oxygens (including phenoxy) is 2. The highest BCUT2D eigenvalue weighted by atomic mass is 33.1. The Morgan fingerprint density at radius 2 is 1.68 bits per heavy atom. The molecule has 2 unspecified atom stereocenters. The normalized spacial score (nSPS) is 14.2. The fourth-order valence-electron chi connectivity index (χ4n) is 2.87. The molecule has 13 heteroatoms. The molecule has 0 saturated carbocycles. The molecule has 0 aromatic heterocycles. The maximum Gasteiger partial charge on any atom is 0.410 e. The Kier molecular flexibility index (Phi) is 16.0. The number of benzene rings is 1. The molecule has 1 rings (SSSR count). The molecular weight excluding hydrogens is 540 g/mol. The van der Waals surface area contributed by atoms with E-state index in [4.69, 9.17) is 14.6 Å². The molecular formula is C24H36N2O8S3. The van der Waals surface area contributed by atoms with Crippen molar-refractivity contribution in [1.29, 1.82) is 0 Å². The molecule has 0 spiro atoms. The number of carboxylic acid groups (broad SMARTS) is 1. The third kappa shape index (κ3) is 15.6. The Balaban J connectivity index is 2.65. The summed E-state index contributed by atoms with van der Waals surface area (Å²) in [7, 11) is 1.81. The number of hydrogen-bond acceptors (Lipinski definition) is 9. The average molecular weight is 577 g/mol. The Labute approximate surface area is 228 Å². The van der Waals surface area contributed by atoms with E-state index in [0.717, 1.165) is 5.56 Å². The second kappa shape index (κ2) is 18.1. The number of alkyl carbamates (subject to hydrolysis) is 1. The van der Waals surface area contributed by atoms with Crippen molar-refractivity contribution in [2.75, 3.05) is 30.1 Å². The molecule has 3 N–H and O–H groups in total. The highest BCUT2D eigenvalue weighted by Gasteiger charge is 2.22. The van der Waals surface area contributed by atoms with Crippen molar-refractivity contribution in [1.82, 2.24) is 10.6 Å². The molecule has 0 aliphatic heterocycles. The summed E-state index contributed by atoms with van der Waals surface area (Å²) in [4.78, 5) is 47.4. The zero-order chi connectivity index (χ0) is 27.8. The number of hydrogen-bond donors (Lipinski definition) is 3. The van der Waals surface area contributed by atoms with Crippen LogP contribution in [0.4, 0.5) is 4.79 Å². The molecule has 0 saturated heterocycles. The highest BCUT2D eigenvalue weighted by molar-refractivity contribution is 8.76. The Morgan fingerprint density at radius 3 is 2.27 bits per heavy atom. The molecule has 0 aliphatic rings. The van der Waals surface area contributed by atoms with Gasteiger partial charge in [0.05, 0.1) is 11.8 Å². The summed E-state index contributed by atoms with van der Waals surface area (Å²) in [5.74, 6) is -1.50. The van der Waals surface area contributed by atoms with Crippen LogP contribution in [0.5, 0.6) is 0 Å². The molecule has 10 nitrogen and oxygen atoms in total. The fraction of sp³-hybridized carbons (Fsp3) is 0.583. The minimum Gasteiger partial charge on any atom is -0.480 e. The summed E-state index contributed by atoms with van der Waals surface area (Å²) in [6, 6.07) is 9.08. The maximum absolute atomic E-state index is 12.6. The minimum absolute atomic E-state index is 0.344. The summed E-state index contributed by atoms with van der Waals surface area (Å²) in [5, 5.41) is 14.0. The van der Waals surface area contributed by atoms with Gasteiger partial charge >= 0.3 is 18.0 Å². The zero-order valence-corrected chi connectivity index (χ0v) is 23.9. The standard InChI is InChI=1S/C24H36N2O8S3/c1-16(2)23(30)33-17(3)34-24(31)26-20(10-11-37(4)32)15-36-35-14-19(22(29)25-13-21(27)28)12-18-8-6-5-7-9-18/h5-9,16-17,19-20H,10-15H2,1-4H3,(H,25,29)(H,26,31)(H,27,28)/t17?,19-,20+,37?/m1/s1. The molecule has 1 aromatic rings. The maximum atomic E-state index is 12.6. The number of aliphatic carboxylic acids is 1. The van der Waals surface area contributed by atoms with Gasteiger partial charge in [-0.2, -0.15) is 0 Å². The van der Waals surface area contributed by atoms with Crippen molar-refractivity contribution >= 4 is 56.3 Å². The summed E-state index contributed by atoms with van der Waals surface area (Å²) in [5.41, 5.74) is 0.962. The number of esters is 1. The lowest BCUT2D eigenvalue weighted by atomic mass is 10.0. The van der Waals surface area contributed by atoms with Crippen molar-refractivity contribution in [2.45, 2.75) is 45.9 Å². The van der Waals surface area contributed by atoms with Crippen molar-refractivity contribution in [3.8, 4) is 0 Å². The molecule has 2 amide bonds. The van der Waals surface area contributed by atoms with E-state index in [9.17, 15) is 23.4 Å². The number of carboxylic acids is 1. The number of carbonyl (C=O) groups is 4. The largest absolute Gasteiger partial charge is 0.480 e. The van der Waals surface area contributed by atoms with E-state index >= 15 is 0 Å². The minimum atomic E-state index is -1.11. The topological polar surface area (TPSA) is 148 Å². The lowest BCUT2D eigenvalue weighted by molar-refractivity contribution is -0.168. The van der Waals surface area contributed by atoms with Crippen LogP contribution >= 0.6 is 21.6 Å². The summed E-state index contributed by atoms with van der Waals surface area (Å²) < 4.78 is 21.7. The van der Waals surface area contributed by atoms with Crippen LogP contribution in [0.1, 0.15) is 32.8 Å². The van der Waals surface area contributed by atoms with Crippen LogP contribution in [-0.2, 0) is 41.1 Å². The van der Waals surface area contributed by atoms with Gasteiger partial charge in [-0.15, -0.1) is 0 Å². The van der Waals surface area contributed by atoms with Crippen LogP contribution in [0.2, 0.25) is 0 Å². The van der Waals surface area contributed by atoms with Crippen LogP contribution in [-0.4, -0.2) is 75.6 Å². The first-order valence-electron chi connectivity index (χ1n) is 11.7. The molecule has 1 aromatic carbocycles. The van der Waals surface area contributed by atoms with Gasteiger partial charge in [0.2, 0.25) is 12.2 Å². The van der Waals surface area contributed by atoms with E-state index in [1.54, 1.807) is 20.1 Å². The van der Waals surface area contributed by atoms with E-state index in [2.05, 4.69) is 10.6 Å². The summed E-state index contributed by atoms with van der Waals surface area (Å²) in [6.45, 7) is 4.34. The fourth-order valence-corrected chi connectivity index (χ4v) is 6.09. The predicted octanol–water partition coefficient (Wildman–Crippen LogP) is 2.84. The number of nitrogens with one attached hydrogen (secondary N) is 2. The zero-order valence-electron chi connectivity index (χ0n) is 21.5. The van der Waals surface area contributed by atoms with Crippen LogP contribution in [0.25, 0.3) is 0 Å². The molecule has 208 valence electrons. The van der Waals surface area contributed by atoms with Gasteiger partial charge in [0.25, 0.3) is 0 Å². The molecule has 0 radical (unpaired) electrons. The first-order valence-corrected chi connectivity index (χ1v) is 15.9. The van der Waals surface area contributed by atoms with E-state index in [0.29, 0.717) is 30.1 Å². The molecule has 0 bridgehead atoms. The molecule has 0 heterocycles. The van der Waals surface area contributed by atoms with Gasteiger partial charge in [-0.1, -0.05) is 65.8 Å². The smallest absolute Gasteiger partial charge is 0.410 e. The lowest BCUT2D eigenvalue weighted by Crippen LogP contribution is -2.40. The van der Waals surface area contributed by atoms with Gasteiger partial charge in [0.1, 0.15) is 6.54 Å². The first kappa shape index (κ1) is 32.8. The number of rotatable bonds is 17. The van der Waals surface area contributed by atoms with Gasteiger partial charge in [-0.05, 0) is 18.4 Å². The third-order valence-electron chi connectivity index (χ3n) is 4.83. The SMILES string of the molecule is CC(OC(=O)N[C@@H](CCS(C)=O)CSSC[C@@H](Cc1ccccc1)C(=O)NCC(=O)O)OC(=O)C(C)C. The van der Waals surface area contributed by atoms with Gasteiger partial charge in [-0.3, -0.25) is 18.6 Å². The summed E-state index contributed by atoms with van der Waals surface area (Å²) in [6.07, 6.45) is 0.667. The van der Waals surface area contributed by atoms with Crippen LogP contribution < -0.4 is 10.6 Å². The lowest BCUT2D eigenvalue weighted by Gasteiger charge is -2.21. The highest BCUT2D eigenvalue weighted by Crippen LogP contribution is 2.27. The summed E-state index contributed by atoms with van der Waals surface area (Å²) >= 11 is 0. The van der Waals surface area contributed by atoms with Crippen LogP contribution in [0.3, 0.4) is 0 Å². The monoisotopic (exact) mass is 576 g/mol. The Bertz CT molecular complexity index is 901. The quantitative estimate of drug-likeness (QED) is 0.109. The molecule has 37 heavy (non-hydrogen) atoms. The van der Waals surface area contributed by atoms with Crippen LogP contribution in [0, 0.1) is 11.8 Å². The molecule has 4 atom stereocenters. The predicted molar refractivity (Wildman–Crippen MR) is 147 cm³/mol. The molecule has 0 fully saturated rings. The number of amides is 2. The molecule has 0 aliphatic carbocycles. The Morgan fingerprint density at radius 1 is 1.03 bits per heavy atom. The van der Waals surface area contributed by atoms with E-state index < -0.39 is 47.6 Å². The van der Waals surface area contributed by atoms with Crippen LogP contribution in [0.15, 0.2) is 30.3 Å². The van der Waals surface area contributed by atoms with E-state index in [1.807, 2.05) is 30.3 Å². The van der Waals surface area contributed by atoms with E-state index in [-0.39, 0.29) is 17.9 Å². The number of carbonyl (C=O) groups excluding carboxylic acids is 3. The second-order valence-electron chi connectivity index (χ2n) is 8.54. The van der Waals surface area contributed by atoms with Gasteiger partial charge in [0, 0.05) is 47.3 Å². The third-order valence-corrected chi connectivity index (χ3v) is 8.20. The second-order valence-corrected chi connectivity index (χ2v) is 12.6. The van der Waals surface area contributed by atoms with E-state index in [1.165, 1.54) is 28.5 Å². The van der Waals surface area contributed by atoms with Gasteiger partial charge in [0.15, 0.2) is 0 Å². The van der Waals surface area contributed by atoms with Crippen molar-refractivity contribution in [3.05, 3.63) is 35.9 Å².